The first-order valence-electron chi connectivity index (χ1n) is 0.123. The van der Waals surface area contributed by atoms with Gasteiger partial charge in [-0.15, -0.1) is 0 Å². The first-order chi connectivity index (χ1) is 1.00. The van der Waals surface area contributed by atoms with Crippen LogP contribution in [0.2, 0.25) is 0 Å². The molecule has 0 N–H and O–H groups in total. The van der Waals surface area contributed by atoms with Crippen molar-refractivity contribution >= 4 is 23.1 Å². The summed E-state index contributed by atoms with van der Waals surface area (Å²) in [5, 5.41) is 0. The van der Waals surface area contributed by atoms with Crippen LogP contribution < -0.4 is 0 Å². The summed E-state index contributed by atoms with van der Waals surface area (Å²) in [5.74, 6) is 0. The van der Waals surface area contributed by atoms with Gasteiger partial charge in [0.15, 0.2) is 0 Å². The summed E-state index contributed by atoms with van der Waals surface area (Å²) < 4.78 is 7.81. The molecule has 0 bridgehead atoms. The van der Waals surface area contributed by atoms with Crippen molar-refractivity contribution in [3.05, 3.63) is 0 Å². The maximum atomic E-state index is 7.81. The monoisotopic (exact) mass is 161 g/mol. The van der Waals surface area contributed by atoms with Crippen LogP contribution in [0.5, 0.6) is 0 Å². The minimum atomic E-state index is 0. The summed E-state index contributed by atoms with van der Waals surface area (Å²) >= 11 is 2.94. The fourth-order valence-corrected chi connectivity index (χ4v) is 0. The van der Waals surface area contributed by atoms with Crippen LogP contribution in [0.1, 0.15) is 0 Å². The predicted molar refractivity (Wildman–Crippen MR) is 6.44 cm³/mol. The molecule has 0 fully saturated rings. The van der Waals surface area contributed by atoms with Gasteiger partial charge in [0, 0.05) is 39.5 Å². The molecule has 2 radical (unpaired) electrons. The standard InChI is InChI=1S/Cu.Mg.Ni.O. The number of rotatable bonds is 0. The van der Waals surface area contributed by atoms with Gasteiger partial charge in [-0.05, 0) is 0 Å². The van der Waals surface area contributed by atoms with E-state index >= 15 is 0 Å². The summed E-state index contributed by atoms with van der Waals surface area (Å²) in [6.45, 7) is 0. The van der Waals surface area contributed by atoms with Crippen molar-refractivity contribution in [2.24, 2.45) is 0 Å². The molecule has 0 amide bonds. The van der Waals surface area contributed by atoms with E-state index in [1.165, 1.54) is 0 Å². The Morgan fingerprint density at radius 1 is 1.25 bits per heavy atom. The van der Waals surface area contributed by atoms with E-state index in [2.05, 4.69) is 15.9 Å². The van der Waals surface area contributed by atoms with Gasteiger partial charge in [-0.25, -0.2) is 0 Å². The van der Waals surface area contributed by atoms with Gasteiger partial charge in [0.2, 0.25) is 0 Å². The van der Waals surface area contributed by atoms with Gasteiger partial charge in [-0.3, -0.25) is 0 Å². The van der Waals surface area contributed by atoms with Crippen LogP contribution in [0, 0.1) is 0 Å². The van der Waals surface area contributed by atoms with E-state index < -0.39 is 0 Å². The molecule has 0 unspecified atom stereocenters. The maximum absolute atomic E-state index is 7.81. The molecule has 0 atom stereocenters. The molecular formula is CuMgNiO. The van der Waals surface area contributed by atoms with Crippen LogP contribution in [0.15, 0.2) is 0 Å². The van der Waals surface area contributed by atoms with Gasteiger partial charge in [0.25, 0.3) is 0 Å². The summed E-state index contributed by atoms with van der Waals surface area (Å²) in [5.41, 5.74) is 0. The van der Waals surface area contributed by atoms with Gasteiger partial charge < -0.3 is 0 Å². The zero-order valence-corrected chi connectivity index (χ0v) is 5.08. The SMILES string of the molecule is [Mg].[Ni].[O]=[Cu]. The van der Waals surface area contributed by atoms with Crippen LogP contribution in [-0.4, -0.2) is 23.1 Å². The fraction of sp³-hybridized carbons (Fsp3) is 0. The normalized spacial score (nSPS) is 1.50. The Morgan fingerprint density at radius 3 is 1.25 bits per heavy atom. The molecule has 0 aliphatic rings. The summed E-state index contributed by atoms with van der Waals surface area (Å²) in [6, 6.07) is 0. The average Bonchev–Trinajstić information content (AvgIpc) is 1.00. The van der Waals surface area contributed by atoms with Gasteiger partial charge in [0.1, 0.15) is 0 Å². The Hall–Kier alpha value is 1.58. The van der Waals surface area contributed by atoms with Gasteiger partial charge in [-0.1, -0.05) is 0 Å². The molecule has 0 saturated carbocycles. The minimum absolute atomic E-state index is 0. The summed E-state index contributed by atoms with van der Waals surface area (Å²) in [6.07, 6.45) is 0. The molecule has 0 spiro atoms. The molecule has 0 aromatic heterocycles. The molecule has 0 aliphatic carbocycles. The van der Waals surface area contributed by atoms with Crippen molar-refractivity contribution in [2.45, 2.75) is 0 Å². The van der Waals surface area contributed by atoms with Gasteiger partial charge >= 0.3 is 19.8 Å². The van der Waals surface area contributed by atoms with Crippen LogP contribution in [-0.2, 0) is 36.3 Å². The molecule has 4 heavy (non-hydrogen) atoms. The van der Waals surface area contributed by atoms with Crippen LogP contribution in [0.4, 0.5) is 0 Å². The van der Waals surface area contributed by atoms with Gasteiger partial charge in [0.05, 0.1) is 0 Å². The molecule has 4 heteroatoms. The summed E-state index contributed by atoms with van der Waals surface area (Å²) in [7, 11) is 0. The van der Waals surface area contributed by atoms with E-state index in [1.54, 1.807) is 0 Å². The second kappa shape index (κ2) is 23.5. The van der Waals surface area contributed by atoms with Crippen molar-refractivity contribution in [3.63, 3.8) is 0 Å². The molecule has 29 valence electrons. The average molecular weight is 163 g/mol. The molecule has 0 aliphatic heterocycles. The van der Waals surface area contributed by atoms with Crippen molar-refractivity contribution in [1.82, 2.24) is 0 Å². The van der Waals surface area contributed by atoms with E-state index in [9.17, 15) is 0 Å². The Kier molecular flexibility index (Phi) is 103. The van der Waals surface area contributed by atoms with Crippen LogP contribution in [0.3, 0.4) is 0 Å². The summed E-state index contributed by atoms with van der Waals surface area (Å²) in [4.78, 5) is 0. The Morgan fingerprint density at radius 2 is 1.25 bits per heavy atom. The Bertz CT molecular complexity index is 8.00. The van der Waals surface area contributed by atoms with Crippen molar-refractivity contribution in [2.75, 3.05) is 0 Å². The van der Waals surface area contributed by atoms with E-state index in [0.29, 0.717) is 0 Å². The van der Waals surface area contributed by atoms with E-state index in [1.807, 2.05) is 0 Å². The molecule has 1 nitrogen and oxygen atoms in total. The third-order valence-electron chi connectivity index (χ3n) is 0. The number of hydrogen-bond acceptors (Lipinski definition) is 1. The van der Waals surface area contributed by atoms with E-state index in [0.717, 1.165) is 0 Å². The zero-order chi connectivity index (χ0) is 2.00. The van der Waals surface area contributed by atoms with Crippen LogP contribution in [0.25, 0.3) is 0 Å². The van der Waals surface area contributed by atoms with Crippen LogP contribution >= 0.6 is 0 Å². The molecule has 0 aromatic carbocycles. The fourth-order valence-electron chi connectivity index (χ4n) is 0. The topological polar surface area (TPSA) is 17.1 Å². The molecule has 0 rings (SSSR count). The third-order valence-corrected chi connectivity index (χ3v) is 0. The van der Waals surface area contributed by atoms with Crippen molar-refractivity contribution in [1.29, 1.82) is 0 Å². The molecule has 0 heterocycles. The first kappa shape index (κ1) is 17.6. The van der Waals surface area contributed by atoms with Crippen molar-refractivity contribution in [3.8, 4) is 0 Å². The van der Waals surface area contributed by atoms with E-state index in [-0.39, 0.29) is 39.5 Å². The quantitative estimate of drug-likeness (QED) is 0.439. The molecule has 0 saturated heterocycles. The zero-order valence-electron chi connectivity index (χ0n) is 1.73. The molecule has 0 aromatic rings. The first-order valence-corrected chi connectivity index (χ1v) is 0.508. The van der Waals surface area contributed by atoms with Crippen molar-refractivity contribution < 1.29 is 36.3 Å². The predicted octanol–water partition coefficient (Wildman–Crippen LogP) is -0.505. The van der Waals surface area contributed by atoms with E-state index in [4.69, 9.17) is 3.83 Å². The Balaban J connectivity index is -0.00000000500. The second-order valence-corrected chi connectivity index (χ2v) is 0. The third kappa shape index (κ3) is 9.55. The Labute approximate surface area is 59.0 Å². The molecular weight excluding hydrogens is 163 g/mol. The number of hydrogen-bond donors (Lipinski definition) is 0. The second-order valence-electron chi connectivity index (χ2n) is 0. The van der Waals surface area contributed by atoms with Gasteiger partial charge in [-0.2, -0.15) is 0 Å².